The van der Waals surface area contributed by atoms with Gasteiger partial charge in [0.25, 0.3) is 52.4 Å². The van der Waals surface area contributed by atoms with Gasteiger partial charge in [0.2, 0.25) is 23.8 Å². The fraction of sp³-hybridized carbons (Fsp3) is 0.200. The highest BCUT2D eigenvalue weighted by Gasteiger charge is 2.22. The Morgan fingerprint density at radius 2 is 0.671 bits per heavy atom. The molecule has 0 unspecified atom stereocenters. The Labute approximate surface area is 431 Å². The van der Waals surface area contributed by atoms with Crippen LogP contribution in [0, 0.1) is 0 Å². The number of nitrogens with one attached hydrogen (secondary N) is 4. The van der Waals surface area contributed by atoms with E-state index in [2.05, 4.69) is 51.2 Å². The van der Waals surface area contributed by atoms with E-state index in [1.165, 1.54) is 48.5 Å². The molecule has 4 aromatic carbocycles. The second-order valence-electron chi connectivity index (χ2n) is 14.6. The summed E-state index contributed by atoms with van der Waals surface area (Å²) in [7, 11) is -19.3. The second kappa shape index (κ2) is 25.5. The Kier molecular flexibility index (Phi) is 19.5. The van der Waals surface area contributed by atoms with Crippen LogP contribution in [0.15, 0.2) is 105 Å². The third-order valence-electron chi connectivity index (χ3n) is 9.13. The molecule has 0 aliphatic heterocycles. The molecule has 76 heavy (non-hydrogen) atoms. The fourth-order valence-corrected chi connectivity index (χ4v) is 8.36. The molecule has 0 atom stereocenters. The molecule has 2 heterocycles. The molecule has 0 spiro atoms. The maximum atomic E-state index is 12.8. The van der Waals surface area contributed by atoms with Crippen LogP contribution in [-0.2, 0) is 59.8 Å². The Hall–Kier alpha value is -7.24. The summed E-state index contributed by atoms with van der Waals surface area (Å²) >= 11 is 0. The normalized spacial score (nSPS) is 12.2. The van der Waals surface area contributed by atoms with Gasteiger partial charge in [-0.05, 0) is 83.9 Å². The van der Waals surface area contributed by atoms with E-state index < -0.39 is 98.4 Å². The number of benzene rings is 4. The van der Waals surface area contributed by atoms with Gasteiger partial charge in [-0.2, -0.15) is 63.6 Å². The van der Waals surface area contributed by atoms with E-state index >= 15 is 0 Å². The highest BCUT2D eigenvalue weighted by atomic mass is 32.2. The van der Waals surface area contributed by atoms with Crippen molar-refractivity contribution in [3.63, 3.8) is 0 Å². The zero-order chi connectivity index (χ0) is 55.3. The topological polar surface area (TPSA) is 467 Å². The highest BCUT2D eigenvalue weighted by molar-refractivity contribution is 7.86. The number of aliphatic hydroxyl groups excluding tert-OH is 4. The molecule has 0 saturated carbocycles. The lowest BCUT2D eigenvalue weighted by molar-refractivity contribution is -0.106. The minimum absolute atomic E-state index is 0.0866. The van der Waals surface area contributed by atoms with Crippen molar-refractivity contribution < 1.29 is 91.7 Å². The third-order valence-corrected chi connectivity index (χ3v) is 12.7. The molecule has 0 fully saturated rings. The van der Waals surface area contributed by atoms with Crippen molar-refractivity contribution >= 4 is 111 Å². The summed E-state index contributed by atoms with van der Waals surface area (Å²) in [6, 6.07) is 16.2. The SMILES string of the molecule is O=S(=O)(O)c1ccc(Nc2nc(Nc3ccc(C=Cc4ccc(Nc5nc(Nc6ccc(S(=O)(=O)O)cc6)nc(N(OCCO)OCCO)n5)cc4S(=O)(=O)O)c(S(=O)(=O)O)c3)nc(N(OCCO)OCCO)n2)cc1. The maximum absolute atomic E-state index is 12.8. The predicted octanol–water partition coefficient (Wildman–Crippen LogP) is 1.50. The van der Waals surface area contributed by atoms with Gasteiger partial charge >= 0.3 is 0 Å². The molecular formula is C40H44N12O20S4. The molecule has 6 rings (SSSR count). The summed E-state index contributed by atoms with van der Waals surface area (Å²) in [5.74, 6) is -2.06. The number of hydrogen-bond acceptors (Lipinski definition) is 28. The van der Waals surface area contributed by atoms with Crippen LogP contribution in [0.3, 0.4) is 0 Å². The Bertz CT molecular complexity index is 3230. The monoisotopic (exact) mass is 1140 g/mol. The van der Waals surface area contributed by atoms with Crippen molar-refractivity contribution in [2.75, 3.05) is 84.6 Å². The second-order valence-corrected chi connectivity index (χ2v) is 20.2. The van der Waals surface area contributed by atoms with Gasteiger partial charge in [0.1, 0.15) is 36.2 Å². The number of aromatic nitrogens is 6. The van der Waals surface area contributed by atoms with Crippen LogP contribution in [0.4, 0.5) is 58.4 Å². The molecule has 0 aliphatic carbocycles. The Morgan fingerprint density at radius 1 is 0.395 bits per heavy atom. The Balaban J connectivity index is 1.32. The molecule has 2 aromatic heterocycles. The van der Waals surface area contributed by atoms with Crippen molar-refractivity contribution in [2.24, 2.45) is 0 Å². The lowest BCUT2D eigenvalue weighted by Gasteiger charge is -2.21. The van der Waals surface area contributed by atoms with Crippen molar-refractivity contribution in [1.82, 2.24) is 29.9 Å². The average Bonchev–Trinajstić information content (AvgIpc) is 3.35. The van der Waals surface area contributed by atoms with Crippen LogP contribution in [0.2, 0.25) is 0 Å². The van der Waals surface area contributed by atoms with E-state index in [1.807, 2.05) is 0 Å². The summed E-state index contributed by atoms with van der Waals surface area (Å²) in [5, 5.41) is 49.7. The number of hydrogen-bond donors (Lipinski definition) is 12. The number of rotatable bonds is 28. The molecule has 408 valence electrons. The van der Waals surface area contributed by atoms with E-state index in [0.717, 1.165) is 48.6 Å². The average molecular weight is 1140 g/mol. The number of anilines is 10. The van der Waals surface area contributed by atoms with E-state index in [0.29, 0.717) is 10.5 Å². The zero-order valence-electron chi connectivity index (χ0n) is 38.6. The summed E-state index contributed by atoms with van der Waals surface area (Å²) in [6.07, 6.45) is 2.20. The summed E-state index contributed by atoms with van der Waals surface area (Å²) in [6.45, 7) is -3.40. The molecule has 0 radical (unpaired) electrons. The van der Waals surface area contributed by atoms with Crippen molar-refractivity contribution in [1.29, 1.82) is 0 Å². The fourth-order valence-electron chi connectivity index (χ4n) is 5.98. The van der Waals surface area contributed by atoms with Gasteiger partial charge in [-0.25, -0.2) is 19.4 Å². The van der Waals surface area contributed by atoms with Gasteiger partial charge < -0.3 is 41.7 Å². The van der Waals surface area contributed by atoms with Gasteiger partial charge in [0, 0.05) is 22.7 Å². The van der Waals surface area contributed by atoms with Gasteiger partial charge in [-0.1, -0.05) is 34.7 Å². The molecule has 32 nitrogen and oxygen atoms in total. The first-order valence-electron chi connectivity index (χ1n) is 21.2. The molecule has 0 saturated heterocycles. The van der Waals surface area contributed by atoms with E-state index in [4.69, 9.17) is 19.4 Å². The van der Waals surface area contributed by atoms with Crippen LogP contribution in [0.25, 0.3) is 12.2 Å². The first-order valence-corrected chi connectivity index (χ1v) is 27.0. The quantitative estimate of drug-likeness (QED) is 0.0188. The van der Waals surface area contributed by atoms with E-state index in [1.54, 1.807) is 0 Å². The number of aliphatic hydroxyl groups is 4. The minimum Gasteiger partial charge on any atom is -0.394 e. The lowest BCUT2D eigenvalue weighted by atomic mass is 10.1. The minimum atomic E-state index is -5.08. The molecule has 0 aliphatic rings. The first-order chi connectivity index (χ1) is 36.0. The molecule has 12 N–H and O–H groups in total. The van der Waals surface area contributed by atoms with Crippen LogP contribution >= 0.6 is 0 Å². The van der Waals surface area contributed by atoms with Crippen molar-refractivity contribution in [3.05, 3.63) is 96.1 Å². The van der Waals surface area contributed by atoms with Crippen molar-refractivity contribution in [3.8, 4) is 0 Å². The van der Waals surface area contributed by atoms with Crippen LogP contribution in [-0.4, -0.2) is 155 Å². The molecule has 0 bridgehead atoms. The number of nitrogens with zero attached hydrogens (tertiary/aromatic N) is 8. The van der Waals surface area contributed by atoms with Gasteiger partial charge in [0.05, 0.1) is 36.2 Å². The maximum Gasteiger partial charge on any atom is 0.295 e. The third kappa shape index (κ3) is 16.6. The molecule has 0 amide bonds. The molecule has 6 aromatic rings. The first kappa shape index (κ1) is 58.0. The van der Waals surface area contributed by atoms with Gasteiger partial charge in [-0.15, -0.1) is 0 Å². The van der Waals surface area contributed by atoms with Crippen molar-refractivity contribution in [2.45, 2.75) is 19.6 Å². The molecule has 36 heteroatoms. The standard InChI is InChI=1S/C40H44N12O20S4/c53-15-19-69-51(70-20-16-54)39-47-35(41-27-7-11-31(12-8-27)73(57,58)59)45-37(49-39)43-29-5-3-25(33(23-29)75(63,64)65)1-2-26-4-6-30(24-34(26)76(66,67)68)44-38-46-36(42-28-9-13-32(14-10-28)74(60,61)62)48-40(50-38)52(71-21-17-55)72-22-18-56/h1-14,23-24,53-56H,15-22H2,(H,57,58,59)(H,60,61,62)(H,63,64,65)(H,66,67,68)(H2,41,43,45,47,49)(H2,42,44,46,48,50). The van der Waals surface area contributed by atoms with Gasteiger partial charge in [0.15, 0.2) is 0 Å². The smallest absolute Gasteiger partial charge is 0.295 e. The Morgan fingerprint density at radius 3 is 0.934 bits per heavy atom. The van der Waals surface area contributed by atoms with Crippen LogP contribution in [0.1, 0.15) is 11.1 Å². The van der Waals surface area contributed by atoms with E-state index in [9.17, 15) is 72.3 Å². The van der Waals surface area contributed by atoms with E-state index in [-0.39, 0.29) is 84.1 Å². The predicted molar refractivity (Wildman–Crippen MR) is 264 cm³/mol. The summed E-state index contributed by atoms with van der Waals surface area (Å²) in [5.41, 5.74) is -0.229. The molecular weight excluding hydrogens is 1100 g/mol. The zero-order valence-corrected chi connectivity index (χ0v) is 41.8. The van der Waals surface area contributed by atoms with Crippen LogP contribution < -0.4 is 31.7 Å². The highest BCUT2D eigenvalue weighted by Crippen LogP contribution is 2.30. The summed E-state index contributed by atoms with van der Waals surface area (Å²) < 4.78 is 137. The van der Waals surface area contributed by atoms with Crippen LogP contribution in [0.5, 0.6) is 0 Å². The van der Waals surface area contributed by atoms with Gasteiger partial charge in [-0.3, -0.25) is 18.2 Å². The lowest BCUT2D eigenvalue weighted by Crippen LogP contribution is -2.29. The largest absolute Gasteiger partial charge is 0.394 e. The summed E-state index contributed by atoms with van der Waals surface area (Å²) in [4.78, 5) is 44.2.